The van der Waals surface area contributed by atoms with Crippen molar-refractivity contribution in [3.63, 3.8) is 0 Å². The van der Waals surface area contributed by atoms with Crippen LogP contribution in [0, 0.1) is 0 Å². The van der Waals surface area contributed by atoms with Gasteiger partial charge in [-0.15, -0.1) is 0 Å². The smallest absolute Gasteiger partial charge is 0.375 e. The average molecular weight is 586 g/mol. The fourth-order valence-electron chi connectivity index (χ4n) is 6.95. The van der Waals surface area contributed by atoms with Crippen LogP contribution in [0.1, 0.15) is 83.8 Å². The lowest BCUT2D eigenvalue weighted by Crippen LogP contribution is -2.47. The largest absolute Gasteiger partial charge is 0.497 e. The standard InChI is InChI=1S/C32H47NO7Si/c1-30(2,3)41(7,8)40-31(4,5)13-9-11-23(34)29(35)39-28-26(36-6)19-32-14-10-15-33(32)16-12-21-17-24-25(38-20-37-24)18-22(21)27(28)32/h17-19,27-28H,9-16,20H2,1-8H3/t27-,28-,32+/m1/s1. The third-order valence-electron chi connectivity index (χ3n) is 9.95. The Bertz CT molecular complexity index is 1230. The molecule has 0 N–H and O–H groups in total. The molecule has 4 aliphatic rings. The summed E-state index contributed by atoms with van der Waals surface area (Å²) in [5, 5.41) is 0.0971. The molecule has 0 bridgehead atoms. The number of hydrogen-bond donors (Lipinski definition) is 0. The maximum atomic E-state index is 13.3. The molecule has 0 saturated carbocycles. The molecule has 0 radical (unpaired) electrons. The predicted molar refractivity (Wildman–Crippen MR) is 159 cm³/mol. The number of carbonyl (C=O) groups excluding carboxylic acids is 2. The normalized spacial score (nSPS) is 25.6. The van der Waals surface area contributed by atoms with Crippen molar-refractivity contribution in [3.05, 3.63) is 35.1 Å². The van der Waals surface area contributed by atoms with Gasteiger partial charge in [0.1, 0.15) is 5.76 Å². The summed E-state index contributed by atoms with van der Waals surface area (Å²) in [4.78, 5) is 28.9. The molecule has 0 aromatic heterocycles. The molecule has 226 valence electrons. The monoisotopic (exact) mass is 585 g/mol. The number of carbonyl (C=O) groups is 2. The first-order valence-corrected chi connectivity index (χ1v) is 18.0. The second-order valence-corrected chi connectivity index (χ2v) is 18.9. The predicted octanol–water partition coefficient (Wildman–Crippen LogP) is 5.89. The minimum absolute atomic E-state index is 0.0971. The number of benzene rings is 1. The molecule has 3 aliphatic heterocycles. The van der Waals surface area contributed by atoms with E-state index >= 15 is 0 Å². The number of ether oxygens (including phenoxy) is 4. The quantitative estimate of drug-likeness (QED) is 0.202. The lowest BCUT2D eigenvalue weighted by molar-refractivity contribution is -0.159. The van der Waals surface area contributed by atoms with Crippen molar-refractivity contribution in [3.8, 4) is 11.5 Å². The van der Waals surface area contributed by atoms with Crippen LogP contribution in [0.4, 0.5) is 0 Å². The highest BCUT2D eigenvalue weighted by Crippen LogP contribution is 2.55. The highest BCUT2D eigenvalue weighted by molar-refractivity contribution is 6.74. The zero-order valence-electron chi connectivity index (χ0n) is 26.1. The molecule has 0 unspecified atom stereocenters. The molecule has 3 atom stereocenters. The van der Waals surface area contributed by atoms with E-state index in [2.05, 4.69) is 64.8 Å². The van der Waals surface area contributed by atoms with Crippen LogP contribution >= 0.6 is 0 Å². The van der Waals surface area contributed by atoms with E-state index < -0.39 is 26.2 Å². The van der Waals surface area contributed by atoms with Crippen LogP contribution in [0.15, 0.2) is 24.0 Å². The Balaban J connectivity index is 1.31. The first kappa shape index (κ1) is 30.1. The molecule has 8 nitrogen and oxygen atoms in total. The Hall–Kier alpha value is -2.36. The van der Waals surface area contributed by atoms with Crippen LogP contribution in [0.5, 0.6) is 11.5 Å². The lowest BCUT2D eigenvalue weighted by Gasteiger charge is -2.43. The first-order valence-electron chi connectivity index (χ1n) is 15.1. The SMILES string of the molecule is COC1=C[C@]23CCCN2CCc2cc4c(cc2[C@@H]3[C@@H]1OC(=O)C(=O)CCCC(C)(C)O[Si](C)(C)C(C)(C)C)OCO4. The fourth-order valence-corrected chi connectivity index (χ4v) is 8.74. The third kappa shape index (κ3) is 5.57. The summed E-state index contributed by atoms with van der Waals surface area (Å²) in [7, 11) is -0.349. The van der Waals surface area contributed by atoms with Gasteiger partial charge in [0.2, 0.25) is 12.6 Å². The Morgan fingerprint density at radius 1 is 1.10 bits per heavy atom. The van der Waals surface area contributed by atoms with E-state index in [1.165, 1.54) is 0 Å². The van der Waals surface area contributed by atoms with E-state index in [4.69, 9.17) is 23.4 Å². The van der Waals surface area contributed by atoms with Crippen LogP contribution in [0.25, 0.3) is 0 Å². The maximum absolute atomic E-state index is 13.3. The number of hydrogen-bond acceptors (Lipinski definition) is 8. The van der Waals surface area contributed by atoms with E-state index in [1.807, 2.05) is 6.07 Å². The van der Waals surface area contributed by atoms with E-state index in [1.54, 1.807) is 7.11 Å². The maximum Gasteiger partial charge on any atom is 0.375 e. The summed E-state index contributed by atoms with van der Waals surface area (Å²) >= 11 is 0. The van der Waals surface area contributed by atoms with Crippen LogP contribution in [-0.4, -0.2) is 69.2 Å². The third-order valence-corrected chi connectivity index (χ3v) is 14.6. The Morgan fingerprint density at radius 2 is 1.80 bits per heavy atom. The summed E-state index contributed by atoms with van der Waals surface area (Å²) in [5.74, 6) is 0.571. The van der Waals surface area contributed by atoms with Gasteiger partial charge >= 0.3 is 5.97 Å². The fraction of sp³-hybridized carbons (Fsp3) is 0.688. The van der Waals surface area contributed by atoms with Gasteiger partial charge < -0.3 is 23.4 Å². The van der Waals surface area contributed by atoms with Gasteiger partial charge in [0.05, 0.1) is 24.2 Å². The Morgan fingerprint density at radius 3 is 2.49 bits per heavy atom. The molecule has 41 heavy (non-hydrogen) atoms. The molecule has 5 rings (SSSR count). The number of nitrogens with zero attached hydrogens (tertiary/aromatic N) is 1. The molecular weight excluding hydrogens is 538 g/mol. The summed E-state index contributed by atoms with van der Waals surface area (Å²) in [6.45, 7) is 17.3. The van der Waals surface area contributed by atoms with Crippen LogP contribution in [-0.2, 0) is 29.9 Å². The van der Waals surface area contributed by atoms with Crippen LogP contribution in [0.2, 0.25) is 18.1 Å². The van der Waals surface area contributed by atoms with Crippen LogP contribution in [0.3, 0.4) is 0 Å². The van der Waals surface area contributed by atoms with Crippen molar-refractivity contribution in [1.29, 1.82) is 0 Å². The summed E-state index contributed by atoms with van der Waals surface area (Å²) in [6, 6.07) is 4.11. The second kappa shape index (κ2) is 10.7. The van der Waals surface area contributed by atoms with Crippen molar-refractivity contribution in [1.82, 2.24) is 4.90 Å². The number of rotatable bonds is 9. The van der Waals surface area contributed by atoms with E-state index in [9.17, 15) is 9.59 Å². The van der Waals surface area contributed by atoms with E-state index in [-0.39, 0.29) is 35.3 Å². The van der Waals surface area contributed by atoms with E-state index in [0.717, 1.165) is 49.2 Å². The van der Waals surface area contributed by atoms with Crippen molar-refractivity contribution < 1.29 is 33.0 Å². The van der Waals surface area contributed by atoms with Gasteiger partial charge in [0.15, 0.2) is 25.9 Å². The molecule has 1 aromatic rings. The van der Waals surface area contributed by atoms with E-state index in [0.29, 0.717) is 24.4 Å². The molecule has 1 spiro atoms. The van der Waals surface area contributed by atoms with Gasteiger partial charge in [-0.3, -0.25) is 9.69 Å². The first-order chi connectivity index (χ1) is 19.2. The highest BCUT2D eigenvalue weighted by atomic mass is 28.4. The summed E-state index contributed by atoms with van der Waals surface area (Å²) in [5.41, 5.74) is 1.54. The Kier molecular flexibility index (Phi) is 7.87. The number of esters is 1. The second-order valence-electron chi connectivity index (χ2n) is 14.2. The molecule has 9 heteroatoms. The molecule has 1 aliphatic carbocycles. The van der Waals surface area contributed by atoms with Gasteiger partial charge in [-0.1, -0.05) is 20.8 Å². The summed E-state index contributed by atoms with van der Waals surface area (Å²) < 4.78 is 29.9. The minimum atomic E-state index is -1.96. The molecule has 0 amide bonds. The van der Waals surface area contributed by atoms with Crippen molar-refractivity contribution in [2.24, 2.45) is 0 Å². The van der Waals surface area contributed by atoms with Crippen molar-refractivity contribution in [2.45, 2.75) is 114 Å². The van der Waals surface area contributed by atoms with Gasteiger partial charge in [-0.2, -0.15) is 0 Å². The summed E-state index contributed by atoms with van der Waals surface area (Å²) in [6.07, 6.45) is 5.68. The minimum Gasteiger partial charge on any atom is -0.497 e. The number of fused-ring (bicyclic) bond motifs is 3. The molecule has 1 fully saturated rings. The number of methoxy groups -OCH3 is 1. The van der Waals surface area contributed by atoms with Crippen molar-refractivity contribution >= 4 is 20.1 Å². The molecule has 1 saturated heterocycles. The molecular formula is C32H47NO7Si. The van der Waals surface area contributed by atoms with Crippen molar-refractivity contribution in [2.75, 3.05) is 27.0 Å². The Labute approximate surface area is 245 Å². The molecule has 1 aromatic carbocycles. The average Bonchev–Trinajstić information content (AvgIpc) is 3.56. The number of Topliss-reactive ketones (excluding diaryl/α,β-unsaturated/α-hetero) is 1. The highest BCUT2D eigenvalue weighted by Gasteiger charge is 2.58. The molecule has 3 heterocycles. The van der Waals surface area contributed by atoms with Gasteiger partial charge in [0, 0.05) is 13.0 Å². The lowest BCUT2D eigenvalue weighted by atomic mass is 9.77. The topological polar surface area (TPSA) is 83.5 Å². The van der Waals surface area contributed by atoms with Crippen LogP contribution < -0.4 is 9.47 Å². The zero-order chi connectivity index (χ0) is 29.8. The van der Waals surface area contributed by atoms with Gasteiger partial charge in [0.25, 0.3) is 0 Å². The number of ketones is 1. The zero-order valence-corrected chi connectivity index (χ0v) is 27.1. The van der Waals surface area contributed by atoms with Gasteiger partial charge in [-0.05, 0) is 100.0 Å². The van der Waals surface area contributed by atoms with Gasteiger partial charge in [-0.25, -0.2) is 4.79 Å².